The number of carbonyl (C=O) groups is 2. The predicted molar refractivity (Wildman–Crippen MR) is 126 cm³/mol. The molecule has 35 heavy (non-hydrogen) atoms. The summed E-state index contributed by atoms with van der Waals surface area (Å²) >= 11 is 0. The molecular formula is C23H25N7O5. The number of amides is 2. The Bertz CT molecular complexity index is 1190. The molecule has 1 aliphatic rings. The van der Waals surface area contributed by atoms with Gasteiger partial charge in [-0.15, -0.1) is 0 Å². The number of carbonyl (C=O) groups excluding carboxylic acids is 2. The molecule has 4 rings (SSSR count). The second-order valence-electron chi connectivity index (χ2n) is 7.62. The zero-order valence-electron chi connectivity index (χ0n) is 19.3. The number of anilines is 3. The van der Waals surface area contributed by atoms with Crippen molar-refractivity contribution in [2.45, 2.75) is 18.8 Å². The van der Waals surface area contributed by atoms with Crippen LogP contribution in [0.2, 0.25) is 0 Å². The summed E-state index contributed by atoms with van der Waals surface area (Å²) in [5, 5.41) is 8.15. The van der Waals surface area contributed by atoms with E-state index in [2.05, 4.69) is 35.9 Å². The van der Waals surface area contributed by atoms with Gasteiger partial charge in [0.25, 0.3) is 11.8 Å². The fourth-order valence-corrected chi connectivity index (χ4v) is 3.13. The van der Waals surface area contributed by atoms with Crippen LogP contribution in [-0.2, 0) is 4.74 Å². The molecule has 0 aliphatic heterocycles. The Morgan fingerprint density at radius 1 is 1.11 bits per heavy atom. The molecule has 0 atom stereocenters. The highest BCUT2D eigenvalue weighted by Gasteiger charge is 2.27. The van der Waals surface area contributed by atoms with Gasteiger partial charge in [-0.3, -0.25) is 10.1 Å². The quantitative estimate of drug-likeness (QED) is 0.370. The van der Waals surface area contributed by atoms with Crippen molar-refractivity contribution >= 4 is 29.2 Å². The Hall–Kier alpha value is -4.32. The summed E-state index contributed by atoms with van der Waals surface area (Å²) in [6, 6.07) is 4.72. The topological polar surface area (TPSA) is 149 Å². The van der Waals surface area contributed by atoms with Crippen molar-refractivity contribution in [2.24, 2.45) is 0 Å². The van der Waals surface area contributed by atoms with Crippen molar-refractivity contribution in [3.63, 3.8) is 0 Å². The molecule has 0 unspecified atom stereocenters. The summed E-state index contributed by atoms with van der Waals surface area (Å²) < 4.78 is 16.0. The molecule has 1 aliphatic carbocycles. The van der Waals surface area contributed by atoms with E-state index in [0.717, 1.165) is 18.5 Å². The van der Waals surface area contributed by atoms with Crippen LogP contribution in [0.3, 0.4) is 0 Å². The van der Waals surface area contributed by atoms with Crippen LogP contribution in [0, 0.1) is 0 Å². The second kappa shape index (κ2) is 11.2. The zero-order valence-corrected chi connectivity index (χ0v) is 19.3. The molecule has 0 spiro atoms. The number of hydrogen-bond acceptors (Lipinski definition) is 10. The van der Waals surface area contributed by atoms with Crippen LogP contribution in [0.25, 0.3) is 0 Å². The molecule has 3 aromatic rings. The SMILES string of the molecule is CNC(=O)c1cc(OCCOC)ccc1NC(=O)Oc1nc(C2CC2)cnc1Nc1cncnc1. The van der Waals surface area contributed by atoms with Crippen LogP contribution in [0.15, 0.2) is 43.1 Å². The van der Waals surface area contributed by atoms with Crippen molar-refractivity contribution in [1.82, 2.24) is 25.3 Å². The first kappa shape index (κ1) is 23.8. The maximum atomic E-state index is 12.8. The first-order chi connectivity index (χ1) is 17.1. The molecule has 2 amide bonds. The fourth-order valence-electron chi connectivity index (χ4n) is 3.13. The Morgan fingerprint density at radius 2 is 1.91 bits per heavy atom. The lowest BCUT2D eigenvalue weighted by atomic mass is 10.1. The molecule has 182 valence electrons. The van der Waals surface area contributed by atoms with Gasteiger partial charge in [0.1, 0.15) is 18.7 Å². The van der Waals surface area contributed by atoms with E-state index < -0.39 is 12.0 Å². The normalized spacial score (nSPS) is 12.5. The fraction of sp³-hybridized carbons (Fsp3) is 0.304. The maximum absolute atomic E-state index is 12.8. The van der Waals surface area contributed by atoms with E-state index in [1.807, 2.05) is 0 Å². The van der Waals surface area contributed by atoms with Gasteiger partial charge >= 0.3 is 6.09 Å². The van der Waals surface area contributed by atoms with Gasteiger partial charge in [-0.2, -0.15) is 0 Å². The van der Waals surface area contributed by atoms with Gasteiger partial charge in [0.05, 0.1) is 47.8 Å². The van der Waals surface area contributed by atoms with Crippen LogP contribution >= 0.6 is 0 Å². The van der Waals surface area contributed by atoms with E-state index >= 15 is 0 Å². The van der Waals surface area contributed by atoms with E-state index in [-0.39, 0.29) is 22.9 Å². The summed E-state index contributed by atoms with van der Waals surface area (Å²) in [5.41, 5.74) is 1.74. The standard InChI is InChI=1S/C23H25N7O5/c1-24-21(31)17-9-16(34-8-7-33-2)5-6-18(17)30-23(32)35-22-20(28-15-10-25-13-26-11-15)27-12-19(29-22)14-3-4-14/h5-6,9-14H,3-4,7-8H2,1-2H3,(H,24,31)(H,27,28)(H,30,32). The minimum absolute atomic E-state index is 0.00300. The zero-order chi connectivity index (χ0) is 24.6. The monoisotopic (exact) mass is 479 g/mol. The van der Waals surface area contributed by atoms with E-state index in [0.29, 0.717) is 30.6 Å². The van der Waals surface area contributed by atoms with Crippen LogP contribution in [0.4, 0.5) is 22.0 Å². The van der Waals surface area contributed by atoms with Gasteiger partial charge in [0, 0.05) is 20.1 Å². The first-order valence-electron chi connectivity index (χ1n) is 10.9. The van der Waals surface area contributed by atoms with Crippen LogP contribution in [0.5, 0.6) is 11.6 Å². The van der Waals surface area contributed by atoms with Crippen molar-refractivity contribution in [1.29, 1.82) is 0 Å². The number of hydrogen-bond donors (Lipinski definition) is 3. The lowest BCUT2D eigenvalue weighted by molar-refractivity contribution is 0.0963. The number of methoxy groups -OCH3 is 1. The van der Waals surface area contributed by atoms with Crippen LogP contribution in [0.1, 0.15) is 34.8 Å². The van der Waals surface area contributed by atoms with Crippen molar-refractivity contribution in [3.8, 4) is 11.6 Å². The molecule has 1 fully saturated rings. The van der Waals surface area contributed by atoms with Gasteiger partial charge in [0.15, 0.2) is 5.82 Å². The number of rotatable bonds is 10. The molecule has 12 heteroatoms. The average Bonchev–Trinajstić information content (AvgIpc) is 3.72. The van der Waals surface area contributed by atoms with Gasteiger partial charge < -0.3 is 24.8 Å². The number of nitrogens with zero attached hydrogens (tertiary/aromatic N) is 4. The van der Waals surface area contributed by atoms with Gasteiger partial charge in [-0.1, -0.05) is 0 Å². The van der Waals surface area contributed by atoms with Gasteiger partial charge in [-0.25, -0.2) is 24.7 Å². The third-order valence-corrected chi connectivity index (χ3v) is 5.02. The largest absolute Gasteiger partial charge is 0.491 e. The second-order valence-corrected chi connectivity index (χ2v) is 7.62. The summed E-state index contributed by atoms with van der Waals surface area (Å²) in [6.45, 7) is 0.713. The molecule has 1 saturated carbocycles. The Balaban J connectivity index is 1.53. The highest BCUT2D eigenvalue weighted by molar-refractivity contribution is 6.03. The number of benzene rings is 1. The van der Waals surface area contributed by atoms with Gasteiger partial charge in [0.2, 0.25) is 0 Å². The Labute approximate surface area is 201 Å². The molecule has 0 bridgehead atoms. The molecular weight excluding hydrogens is 454 g/mol. The molecule has 0 radical (unpaired) electrons. The summed E-state index contributed by atoms with van der Waals surface area (Å²) in [5.74, 6) is 0.579. The van der Waals surface area contributed by atoms with E-state index in [1.165, 1.54) is 19.4 Å². The molecule has 3 N–H and O–H groups in total. The smallest absolute Gasteiger partial charge is 0.418 e. The minimum Gasteiger partial charge on any atom is -0.491 e. The molecule has 2 aromatic heterocycles. The van der Waals surface area contributed by atoms with Crippen molar-refractivity contribution in [3.05, 3.63) is 54.4 Å². The first-order valence-corrected chi connectivity index (χ1v) is 10.9. The van der Waals surface area contributed by atoms with E-state index in [9.17, 15) is 9.59 Å². The minimum atomic E-state index is -0.835. The van der Waals surface area contributed by atoms with Crippen LogP contribution in [-0.4, -0.2) is 59.3 Å². The lowest BCUT2D eigenvalue weighted by Gasteiger charge is -2.14. The Morgan fingerprint density at radius 3 is 2.63 bits per heavy atom. The highest BCUT2D eigenvalue weighted by atomic mass is 16.6. The average molecular weight is 479 g/mol. The Kier molecular flexibility index (Phi) is 7.63. The van der Waals surface area contributed by atoms with E-state index in [4.69, 9.17) is 14.2 Å². The summed E-state index contributed by atoms with van der Waals surface area (Å²) in [7, 11) is 3.06. The predicted octanol–water partition coefficient (Wildman–Crippen LogP) is 2.88. The van der Waals surface area contributed by atoms with Crippen molar-refractivity contribution < 1.29 is 23.8 Å². The number of nitrogens with one attached hydrogen (secondary N) is 3. The lowest BCUT2D eigenvalue weighted by Crippen LogP contribution is -2.23. The molecule has 2 heterocycles. The van der Waals surface area contributed by atoms with Gasteiger partial charge in [-0.05, 0) is 31.0 Å². The number of ether oxygens (including phenoxy) is 3. The third-order valence-electron chi connectivity index (χ3n) is 5.02. The van der Waals surface area contributed by atoms with Crippen LogP contribution < -0.4 is 25.4 Å². The molecule has 1 aromatic carbocycles. The van der Waals surface area contributed by atoms with E-state index in [1.54, 1.807) is 37.8 Å². The number of aromatic nitrogens is 4. The third kappa shape index (κ3) is 6.38. The molecule has 0 saturated heterocycles. The summed E-state index contributed by atoms with van der Waals surface area (Å²) in [6.07, 6.45) is 7.34. The maximum Gasteiger partial charge on any atom is 0.418 e. The summed E-state index contributed by atoms with van der Waals surface area (Å²) in [4.78, 5) is 42.0. The molecule has 12 nitrogen and oxygen atoms in total. The highest BCUT2D eigenvalue weighted by Crippen LogP contribution is 2.40. The van der Waals surface area contributed by atoms with Crippen molar-refractivity contribution in [2.75, 3.05) is 38.0 Å².